The summed E-state index contributed by atoms with van der Waals surface area (Å²) in [5, 5.41) is 13.7. The molecule has 0 aliphatic carbocycles. The summed E-state index contributed by atoms with van der Waals surface area (Å²) >= 11 is 0. The third-order valence-electron chi connectivity index (χ3n) is 3.36. The number of phenolic OH excluding ortho intramolecular Hbond substituents is 1. The van der Waals surface area contributed by atoms with E-state index in [0.29, 0.717) is 28.5 Å². The van der Waals surface area contributed by atoms with Crippen LogP contribution in [0.4, 0.5) is 0 Å². The van der Waals surface area contributed by atoms with Gasteiger partial charge in [-0.2, -0.15) is 5.10 Å². The maximum atomic E-state index is 11.8. The van der Waals surface area contributed by atoms with Crippen molar-refractivity contribution >= 4 is 11.6 Å². The third kappa shape index (κ3) is 3.57. The summed E-state index contributed by atoms with van der Waals surface area (Å²) in [5.41, 5.74) is 3.43. The lowest BCUT2D eigenvalue weighted by Gasteiger charge is -2.07. The smallest absolute Gasteiger partial charge is 0.277 e. The minimum Gasteiger partial charge on any atom is -0.507 e. The summed E-state index contributed by atoms with van der Waals surface area (Å²) in [7, 11) is 0. The van der Waals surface area contributed by atoms with Crippen LogP contribution in [0.2, 0.25) is 0 Å². The number of aromatic hydroxyl groups is 1. The van der Waals surface area contributed by atoms with Crippen molar-refractivity contribution < 1.29 is 24.1 Å². The van der Waals surface area contributed by atoms with Gasteiger partial charge in [0.05, 0.1) is 5.71 Å². The predicted octanol–water partition coefficient (Wildman–Crippen LogP) is 2.04. The Morgan fingerprint density at radius 2 is 2.04 bits per heavy atom. The monoisotopic (exact) mass is 328 g/mol. The van der Waals surface area contributed by atoms with Crippen molar-refractivity contribution in [2.75, 3.05) is 13.4 Å². The van der Waals surface area contributed by atoms with Crippen LogP contribution >= 0.6 is 0 Å². The number of nitrogens with zero attached hydrogens (tertiary/aromatic N) is 1. The van der Waals surface area contributed by atoms with E-state index in [1.165, 1.54) is 0 Å². The lowest BCUT2D eigenvalue weighted by Crippen LogP contribution is -2.25. The molecule has 0 radical (unpaired) electrons. The molecule has 7 heteroatoms. The molecule has 0 bridgehead atoms. The van der Waals surface area contributed by atoms with Crippen LogP contribution in [0.25, 0.3) is 0 Å². The van der Waals surface area contributed by atoms with Gasteiger partial charge in [0.2, 0.25) is 6.79 Å². The van der Waals surface area contributed by atoms with Gasteiger partial charge in [-0.15, -0.1) is 0 Å². The van der Waals surface area contributed by atoms with Crippen molar-refractivity contribution in [1.82, 2.24) is 5.43 Å². The molecule has 0 fully saturated rings. The van der Waals surface area contributed by atoms with Gasteiger partial charge in [-0.1, -0.05) is 12.1 Å². The molecule has 24 heavy (non-hydrogen) atoms. The standard InChI is InChI=1S/C17H16N2O5/c1-11(13-4-2-3-5-14(13)20)18-19-17(21)9-22-12-6-7-15-16(8-12)24-10-23-15/h2-8,20H,9-10H2,1H3,(H,19,21). The van der Waals surface area contributed by atoms with Crippen LogP contribution in [0.3, 0.4) is 0 Å². The number of benzene rings is 2. The van der Waals surface area contributed by atoms with Crippen LogP contribution in [-0.2, 0) is 4.79 Å². The fourth-order valence-electron chi connectivity index (χ4n) is 2.13. The molecule has 1 aliphatic heterocycles. The summed E-state index contributed by atoms with van der Waals surface area (Å²) < 4.78 is 15.8. The Labute approximate surface area is 138 Å². The van der Waals surface area contributed by atoms with Crippen LogP contribution in [0.5, 0.6) is 23.0 Å². The van der Waals surface area contributed by atoms with Gasteiger partial charge in [0.15, 0.2) is 18.1 Å². The second-order valence-electron chi connectivity index (χ2n) is 5.05. The number of phenols is 1. The number of amides is 1. The minimum atomic E-state index is -0.414. The summed E-state index contributed by atoms with van der Waals surface area (Å²) in [6.45, 7) is 1.67. The zero-order valence-electron chi connectivity index (χ0n) is 13.0. The molecule has 2 aromatic rings. The Hall–Kier alpha value is -3.22. The first-order valence-electron chi connectivity index (χ1n) is 7.27. The van der Waals surface area contributed by atoms with E-state index < -0.39 is 5.91 Å². The van der Waals surface area contributed by atoms with Gasteiger partial charge in [-0.25, -0.2) is 5.43 Å². The van der Waals surface area contributed by atoms with E-state index in [0.717, 1.165) is 0 Å². The first-order chi connectivity index (χ1) is 11.6. The molecular weight excluding hydrogens is 312 g/mol. The van der Waals surface area contributed by atoms with Crippen molar-refractivity contribution in [1.29, 1.82) is 0 Å². The molecule has 3 rings (SSSR count). The Morgan fingerprint density at radius 1 is 1.25 bits per heavy atom. The fraction of sp³-hybridized carbons (Fsp3) is 0.176. The van der Waals surface area contributed by atoms with Crippen molar-refractivity contribution in [3.63, 3.8) is 0 Å². The van der Waals surface area contributed by atoms with Gasteiger partial charge in [0.25, 0.3) is 5.91 Å². The Kier molecular flexibility index (Phi) is 4.51. The largest absolute Gasteiger partial charge is 0.507 e. The highest BCUT2D eigenvalue weighted by Gasteiger charge is 2.14. The van der Waals surface area contributed by atoms with Gasteiger partial charge in [-0.3, -0.25) is 4.79 Å². The van der Waals surface area contributed by atoms with E-state index in [2.05, 4.69) is 10.5 Å². The molecule has 2 aromatic carbocycles. The zero-order chi connectivity index (χ0) is 16.9. The molecule has 0 atom stereocenters. The summed E-state index contributed by atoms with van der Waals surface area (Å²) in [6.07, 6.45) is 0. The van der Waals surface area contributed by atoms with Gasteiger partial charge in [-0.05, 0) is 31.2 Å². The van der Waals surface area contributed by atoms with Crippen LogP contribution in [0, 0.1) is 0 Å². The SMILES string of the molecule is CC(=NNC(=O)COc1ccc2c(c1)OCO2)c1ccccc1O. The summed E-state index contributed by atoms with van der Waals surface area (Å²) in [4.78, 5) is 11.8. The highest BCUT2D eigenvalue weighted by Crippen LogP contribution is 2.34. The van der Waals surface area contributed by atoms with Gasteiger partial charge < -0.3 is 19.3 Å². The molecule has 1 aliphatic rings. The zero-order valence-corrected chi connectivity index (χ0v) is 13.0. The van der Waals surface area contributed by atoms with E-state index in [1.54, 1.807) is 49.4 Å². The lowest BCUT2D eigenvalue weighted by atomic mass is 10.1. The van der Waals surface area contributed by atoms with Crippen molar-refractivity contribution in [2.24, 2.45) is 5.10 Å². The van der Waals surface area contributed by atoms with Crippen LogP contribution in [0.1, 0.15) is 12.5 Å². The molecule has 7 nitrogen and oxygen atoms in total. The van der Waals surface area contributed by atoms with Gasteiger partial charge in [0.1, 0.15) is 11.5 Å². The van der Waals surface area contributed by atoms with E-state index in [-0.39, 0.29) is 19.1 Å². The molecule has 0 aromatic heterocycles. The van der Waals surface area contributed by atoms with Crippen LogP contribution in [0.15, 0.2) is 47.6 Å². The van der Waals surface area contributed by atoms with E-state index in [1.807, 2.05) is 0 Å². The number of fused-ring (bicyclic) bond motifs is 1. The minimum absolute atomic E-state index is 0.101. The number of carbonyl (C=O) groups excluding carboxylic acids is 1. The predicted molar refractivity (Wildman–Crippen MR) is 86.5 cm³/mol. The number of hydrogen-bond acceptors (Lipinski definition) is 6. The fourth-order valence-corrected chi connectivity index (χ4v) is 2.13. The maximum Gasteiger partial charge on any atom is 0.277 e. The molecule has 2 N–H and O–H groups in total. The molecule has 0 unspecified atom stereocenters. The Bertz CT molecular complexity index is 788. The highest BCUT2D eigenvalue weighted by molar-refractivity contribution is 6.01. The van der Waals surface area contributed by atoms with E-state index >= 15 is 0 Å². The van der Waals surface area contributed by atoms with Crippen molar-refractivity contribution in [3.05, 3.63) is 48.0 Å². The number of ether oxygens (including phenoxy) is 3. The highest BCUT2D eigenvalue weighted by atomic mass is 16.7. The van der Waals surface area contributed by atoms with E-state index in [4.69, 9.17) is 14.2 Å². The molecular formula is C17H16N2O5. The number of para-hydroxylation sites is 1. The molecule has 1 amide bonds. The number of rotatable bonds is 5. The van der Waals surface area contributed by atoms with Crippen molar-refractivity contribution in [2.45, 2.75) is 6.92 Å². The number of hydrogen-bond donors (Lipinski definition) is 2. The Balaban J connectivity index is 1.54. The second-order valence-corrected chi connectivity index (χ2v) is 5.05. The van der Waals surface area contributed by atoms with Crippen LogP contribution < -0.4 is 19.6 Å². The topological polar surface area (TPSA) is 89.4 Å². The molecule has 1 heterocycles. The van der Waals surface area contributed by atoms with E-state index in [9.17, 15) is 9.90 Å². The molecule has 124 valence electrons. The average Bonchev–Trinajstić information content (AvgIpc) is 3.06. The normalized spacial score (nSPS) is 12.8. The molecule has 0 saturated heterocycles. The second kappa shape index (κ2) is 6.91. The first kappa shape index (κ1) is 15.7. The maximum absolute atomic E-state index is 11.8. The number of hydrazone groups is 1. The third-order valence-corrected chi connectivity index (χ3v) is 3.36. The van der Waals surface area contributed by atoms with Gasteiger partial charge >= 0.3 is 0 Å². The Morgan fingerprint density at radius 3 is 2.88 bits per heavy atom. The van der Waals surface area contributed by atoms with Crippen molar-refractivity contribution in [3.8, 4) is 23.0 Å². The average molecular weight is 328 g/mol. The lowest BCUT2D eigenvalue weighted by molar-refractivity contribution is -0.123. The van der Waals surface area contributed by atoms with Gasteiger partial charge in [0, 0.05) is 11.6 Å². The van der Waals surface area contributed by atoms with Crippen LogP contribution in [-0.4, -0.2) is 30.1 Å². The number of nitrogens with one attached hydrogen (secondary N) is 1. The molecule has 0 spiro atoms. The molecule has 0 saturated carbocycles. The number of carbonyl (C=O) groups is 1. The summed E-state index contributed by atoms with van der Waals surface area (Å²) in [6, 6.07) is 11.8. The first-order valence-corrected chi connectivity index (χ1v) is 7.27. The quantitative estimate of drug-likeness (QED) is 0.647. The summed E-state index contributed by atoms with van der Waals surface area (Å²) in [5.74, 6) is 1.42.